The van der Waals surface area contributed by atoms with Gasteiger partial charge >= 0.3 is 0 Å². The number of hydrogen-bond donors (Lipinski definition) is 0. The van der Waals surface area contributed by atoms with Crippen LogP contribution in [-0.4, -0.2) is 36.1 Å². The molecular formula is C17H31NO2. The molecule has 0 aromatic heterocycles. The largest absolute Gasteiger partial charge is 0.376 e. The molecule has 2 saturated heterocycles. The van der Waals surface area contributed by atoms with E-state index in [1.165, 1.54) is 12.8 Å². The van der Waals surface area contributed by atoms with Crippen molar-refractivity contribution in [1.29, 1.82) is 0 Å². The molecule has 0 bridgehead atoms. The molecule has 0 radical (unpaired) electrons. The Bertz CT molecular complexity index is 332. The van der Waals surface area contributed by atoms with Crippen molar-refractivity contribution in [2.75, 3.05) is 19.7 Å². The Hall–Kier alpha value is -0.570. The van der Waals surface area contributed by atoms with Gasteiger partial charge in [-0.15, -0.1) is 0 Å². The Balaban J connectivity index is 1.97. The number of amides is 1. The van der Waals surface area contributed by atoms with Gasteiger partial charge in [0.2, 0.25) is 5.91 Å². The van der Waals surface area contributed by atoms with Gasteiger partial charge in [0.15, 0.2) is 0 Å². The molecule has 2 rings (SSSR count). The summed E-state index contributed by atoms with van der Waals surface area (Å²) in [6.45, 7) is 11.7. The normalized spacial score (nSPS) is 27.9. The number of rotatable bonds is 4. The summed E-state index contributed by atoms with van der Waals surface area (Å²) >= 11 is 0. The number of carbonyl (C=O) groups is 1. The molecule has 0 spiro atoms. The maximum absolute atomic E-state index is 12.5. The van der Waals surface area contributed by atoms with E-state index in [1.54, 1.807) is 0 Å². The minimum atomic E-state index is -0.0211. The first-order valence-corrected chi connectivity index (χ1v) is 8.31. The van der Waals surface area contributed by atoms with E-state index in [4.69, 9.17) is 4.74 Å². The molecule has 0 aromatic carbocycles. The quantitative estimate of drug-likeness (QED) is 0.789. The standard InChI is InChI=1S/C17H31NO2/c1-13(2)15(11-16(19)18-8-5-6-9-18)14-7-10-20-17(3,4)12-14/h13-15H,5-12H2,1-4H3/t14-,15-/m0/s1. The third kappa shape index (κ3) is 3.97. The predicted molar refractivity (Wildman–Crippen MR) is 81.5 cm³/mol. The molecule has 0 saturated carbocycles. The minimum Gasteiger partial charge on any atom is -0.376 e. The minimum absolute atomic E-state index is 0.0211. The van der Waals surface area contributed by atoms with Gasteiger partial charge in [-0.25, -0.2) is 0 Å². The van der Waals surface area contributed by atoms with E-state index in [1.807, 2.05) is 0 Å². The number of ether oxygens (including phenoxy) is 1. The van der Waals surface area contributed by atoms with Crippen molar-refractivity contribution in [3.8, 4) is 0 Å². The summed E-state index contributed by atoms with van der Waals surface area (Å²) in [5.41, 5.74) is -0.0211. The monoisotopic (exact) mass is 281 g/mol. The van der Waals surface area contributed by atoms with Crippen LogP contribution in [0.3, 0.4) is 0 Å². The number of likely N-dealkylation sites (tertiary alicyclic amines) is 1. The summed E-state index contributed by atoms with van der Waals surface area (Å²) in [5.74, 6) is 2.09. The molecule has 2 fully saturated rings. The van der Waals surface area contributed by atoms with Crippen LogP contribution in [0.1, 0.15) is 59.8 Å². The molecule has 2 aliphatic rings. The van der Waals surface area contributed by atoms with E-state index in [2.05, 4.69) is 32.6 Å². The maximum Gasteiger partial charge on any atom is 0.222 e. The summed E-state index contributed by atoms with van der Waals surface area (Å²) in [6, 6.07) is 0. The highest BCUT2D eigenvalue weighted by molar-refractivity contribution is 5.76. The summed E-state index contributed by atoms with van der Waals surface area (Å²) in [4.78, 5) is 14.5. The van der Waals surface area contributed by atoms with Gasteiger partial charge in [0.05, 0.1) is 5.60 Å². The topological polar surface area (TPSA) is 29.5 Å². The van der Waals surface area contributed by atoms with E-state index in [-0.39, 0.29) is 5.60 Å². The highest BCUT2D eigenvalue weighted by Crippen LogP contribution is 2.38. The molecule has 1 amide bonds. The number of hydrogen-bond acceptors (Lipinski definition) is 2. The van der Waals surface area contributed by atoms with E-state index < -0.39 is 0 Å². The average Bonchev–Trinajstić information content (AvgIpc) is 2.87. The van der Waals surface area contributed by atoms with Crippen LogP contribution >= 0.6 is 0 Å². The van der Waals surface area contributed by atoms with Crippen molar-refractivity contribution in [3.63, 3.8) is 0 Å². The van der Waals surface area contributed by atoms with Crippen molar-refractivity contribution in [1.82, 2.24) is 4.90 Å². The third-order valence-electron chi connectivity index (χ3n) is 5.07. The van der Waals surface area contributed by atoms with E-state index >= 15 is 0 Å². The molecule has 0 aromatic rings. The van der Waals surface area contributed by atoms with Gasteiger partial charge in [0.25, 0.3) is 0 Å². The Kier molecular flexibility index (Phi) is 5.11. The summed E-state index contributed by atoms with van der Waals surface area (Å²) in [6.07, 6.45) is 5.30. The third-order valence-corrected chi connectivity index (χ3v) is 5.07. The number of carbonyl (C=O) groups excluding carboxylic acids is 1. The van der Waals surface area contributed by atoms with Crippen LogP contribution in [0.4, 0.5) is 0 Å². The van der Waals surface area contributed by atoms with Crippen LogP contribution in [0.5, 0.6) is 0 Å². The summed E-state index contributed by atoms with van der Waals surface area (Å²) in [5, 5.41) is 0. The second kappa shape index (κ2) is 6.46. The van der Waals surface area contributed by atoms with Crippen LogP contribution in [0.2, 0.25) is 0 Å². The molecule has 116 valence electrons. The van der Waals surface area contributed by atoms with E-state index in [0.717, 1.165) is 39.0 Å². The lowest BCUT2D eigenvalue weighted by Crippen LogP contribution is -2.40. The summed E-state index contributed by atoms with van der Waals surface area (Å²) in [7, 11) is 0. The van der Waals surface area contributed by atoms with Crippen molar-refractivity contribution in [3.05, 3.63) is 0 Å². The van der Waals surface area contributed by atoms with Gasteiger partial charge in [0.1, 0.15) is 0 Å². The van der Waals surface area contributed by atoms with Crippen molar-refractivity contribution in [2.24, 2.45) is 17.8 Å². The van der Waals surface area contributed by atoms with Gasteiger partial charge in [-0.1, -0.05) is 13.8 Å². The Morgan fingerprint density at radius 3 is 2.50 bits per heavy atom. The first-order chi connectivity index (χ1) is 9.39. The molecule has 2 atom stereocenters. The van der Waals surface area contributed by atoms with Crippen LogP contribution in [0.15, 0.2) is 0 Å². The second-order valence-electron chi connectivity index (χ2n) is 7.56. The predicted octanol–water partition coefficient (Wildman–Crippen LogP) is 3.48. The van der Waals surface area contributed by atoms with Crippen molar-refractivity contribution < 1.29 is 9.53 Å². The molecule has 2 heterocycles. The van der Waals surface area contributed by atoms with Gasteiger partial charge in [-0.2, -0.15) is 0 Å². The lowest BCUT2D eigenvalue weighted by atomic mass is 9.73. The molecule has 3 nitrogen and oxygen atoms in total. The first kappa shape index (κ1) is 15.8. The molecular weight excluding hydrogens is 250 g/mol. The van der Waals surface area contributed by atoms with Crippen molar-refractivity contribution in [2.45, 2.75) is 65.4 Å². The highest BCUT2D eigenvalue weighted by Gasteiger charge is 2.36. The highest BCUT2D eigenvalue weighted by atomic mass is 16.5. The van der Waals surface area contributed by atoms with E-state index in [0.29, 0.717) is 23.7 Å². The Morgan fingerprint density at radius 1 is 1.30 bits per heavy atom. The molecule has 0 unspecified atom stereocenters. The van der Waals surface area contributed by atoms with E-state index in [9.17, 15) is 4.79 Å². The molecule has 2 aliphatic heterocycles. The fourth-order valence-corrected chi connectivity index (χ4v) is 3.89. The van der Waals surface area contributed by atoms with Crippen LogP contribution < -0.4 is 0 Å². The molecule has 0 aliphatic carbocycles. The van der Waals surface area contributed by atoms with Crippen LogP contribution in [0.25, 0.3) is 0 Å². The van der Waals surface area contributed by atoms with Crippen LogP contribution in [-0.2, 0) is 9.53 Å². The fraction of sp³-hybridized carbons (Fsp3) is 0.941. The summed E-state index contributed by atoms with van der Waals surface area (Å²) < 4.78 is 5.83. The fourth-order valence-electron chi connectivity index (χ4n) is 3.89. The zero-order valence-corrected chi connectivity index (χ0v) is 13.7. The maximum atomic E-state index is 12.5. The van der Waals surface area contributed by atoms with Gasteiger partial charge in [-0.3, -0.25) is 4.79 Å². The Labute approximate surface area is 124 Å². The first-order valence-electron chi connectivity index (χ1n) is 8.31. The Morgan fingerprint density at radius 2 is 1.95 bits per heavy atom. The SMILES string of the molecule is CC(C)[C@H](CC(=O)N1CCCC1)[C@H]1CCOC(C)(C)C1. The zero-order valence-electron chi connectivity index (χ0n) is 13.7. The van der Waals surface area contributed by atoms with Gasteiger partial charge in [0, 0.05) is 26.1 Å². The zero-order chi connectivity index (χ0) is 14.8. The lowest BCUT2D eigenvalue weighted by Gasteiger charge is -2.40. The van der Waals surface area contributed by atoms with Gasteiger partial charge < -0.3 is 9.64 Å². The smallest absolute Gasteiger partial charge is 0.222 e. The molecule has 3 heteroatoms. The van der Waals surface area contributed by atoms with Crippen LogP contribution in [0, 0.1) is 17.8 Å². The molecule has 20 heavy (non-hydrogen) atoms. The number of nitrogens with zero attached hydrogens (tertiary/aromatic N) is 1. The van der Waals surface area contributed by atoms with Gasteiger partial charge in [-0.05, 0) is 57.3 Å². The lowest BCUT2D eigenvalue weighted by molar-refractivity contribution is -0.134. The average molecular weight is 281 g/mol. The van der Waals surface area contributed by atoms with Crippen molar-refractivity contribution >= 4 is 5.91 Å². The molecule has 0 N–H and O–H groups in total. The second-order valence-corrected chi connectivity index (χ2v) is 7.56.